The smallest absolute Gasteiger partial charge is 0.237 e. The average Bonchev–Trinajstić information content (AvgIpc) is 3.00. The van der Waals surface area contributed by atoms with Crippen molar-refractivity contribution in [3.05, 3.63) is 0 Å². The lowest BCUT2D eigenvalue weighted by Crippen LogP contribution is -2.45. The van der Waals surface area contributed by atoms with Gasteiger partial charge in [0.1, 0.15) is 0 Å². The minimum Gasteiger partial charge on any atom is -0.352 e. The predicted octanol–water partition coefficient (Wildman–Crippen LogP) is 1.81. The number of amides is 1. The lowest BCUT2D eigenvalue weighted by atomic mass is 10.1. The summed E-state index contributed by atoms with van der Waals surface area (Å²) in [6, 6.07) is 0.0242. The fourth-order valence-electron chi connectivity index (χ4n) is 1.83. The molecule has 0 aromatic heterocycles. The average molecular weight is 212 g/mol. The molecule has 0 aliphatic heterocycles. The predicted molar refractivity (Wildman–Crippen MR) is 62.4 cm³/mol. The van der Waals surface area contributed by atoms with E-state index < -0.39 is 0 Å². The minimum absolute atomic E-state index is 0.0318. The van der Waals surface area contributed by atoms with Crippen molar-refractivity contribution < 1.29 is 4.79 Å². The van der Waals surface area contributed by atoms with Crippen LogP contribution in [0.3, 0.4) is 0 Å². The lowest BCUT2D eigenvalue weighted by Gasteiger charge is -2.19. The van der Waals surface area contributed by atoms with Crippen LogP contribution < -0.4 is 11.1 Å². The Morgan fingerprint density at radius 2 is 2.13 bits per heavy atom. The van der Waals surface area contributed by atoms with Gasteiger partial charge in [0.2, 0.25) is 5.91 Å². The molecule has 1 amide bonds. The normalized spacial score (nSPS) is 19.7. The molecule has 3 N–H and O–H groups in total. The molecule has 1 aliphatic carbocycles. The van der Waals surface area contributed by atoms with E-state index in [1.54, 1.807) is 0 Å². The molecule has 2 unspecified atom stereocenters. The van der Waals surface area contributed by atoms with Gasteiger partial charge in [0.25, 0.3) is 0 Å². The van der Waals surface area contributed by atoms with Gasteiger partial charge < -0.3 is 11.1 Å². The van der Waals surface area contributed by atoms with Gasteiger partial charge in [-0.05, 0) is 25.2 Å². The van der Waals surface area contributed by atoms with Crippen molar-refractivity contribution in [3.8, 4) is 0 Å². The van der Waals surface area contributed by atoms with Crippen molar-refractivity contribution in [2.45, 2.75) is 64.5 Å². The van der Waals surface area contributed by atoms with Crippen LogP contribution in [0.5, 0.6) is 0 Å². The third-order valence-corrected chi connectivity index (χ3v) is 3.09. The zero-order chi connectivity index (χ0) is 11.3. The van der Waals surface area contributed by atoms with Crippen molar-refractivity contribution in [2.24, 2.45) is 11.7 Å². The fourth-order valence-corrected chi connectivity index (χ4v) is 1.83. The zero-order valence-electron chi connectivity index (χ0n) is 9.96. The van der Waals surface area contributed by atoms with Crippen LogP contribution in [0.1, 0.15) is 52.4 Å². The van der Waals surface area contributed by atoms with Gasteiger partial charge >= 0.3 is 0 Å². The van der Waals surface area contributed by atoms with E-state index in [9.17, 15) is 4.79 Å². The Balaban J connectivity index is 2.25. The van der Waals surface area contributed by atoms with E-state index in [1.807, 2.05) is 0 Å². The van der Waals surface area contributed by atoms with Gasteiger partial charge in [-0.15, -0.1) is 0 Å². The lowest BCUT2D eigenvalue weighted by molar-refractivity contribution is -0.123. The van der Waals surface area contributed by atoms with Crippen molar-refractivity contribution in [1.82, 2.24) is 5.32 Å². The molecule has 88 valence electrons. The molecule has 0 saturated heterocycles. The van der Waals surface area contributed by atoms with E-state index in [4.69, 9.17) is 5.73 Å². The van der Waals surface area contributed by atoms with Gasteiger partial charge in [0.15, 0.2) is 0 Å². The molecular formula is C12H24N2O. The first kappa shape index (κ1) is 12.5. The monoisotopic (exact) mass is 212 g/mol. The molecule has 1 fully saturated rings. The van der Waals surface area contributed by atoms with E-state index in [-0.39, 0.29) is 11.9 Å². The quantitative estimate of drug-likeness (QED) is 0.676. The molecule has 0 aromatic carbocycles. The Kier molecular flexibility index (Phi) is 5.09. The van der Waals surface area contributed by atoms with Gasteiger partial charge in [-0.2, -0.15) is 0 Å². The summed E-state index contributed by atoms with van der Waals surface area (Å²) >= 11 is 0. The Labute approximate surface area is 92.8 Å². The molecule has 0 heterocycles. The second-order valence-electron chi connectivity index (χ2n) is 4.69. The number of carbonyl (C=O) groups excluding carboxylic acids is 1. The molecule has 15 heavy (non-hydrogen) atoms. The fraction of sp³-hybridized carbons (Fsp3) is 0.917. The summed E-state index contributed by atoms with van der Waals surface area (Å²) in [5, 5.41) is 3.06. The Morgan fingerprint density at radius 3 is 2.60 bits per heavy atom. The van der Waals surface area contributed by atoms with Crippen LogP contribution in [0.15, 0.2) is 0 Å². The van der Waals surface area contributed by atoms with E-state index in [0.29, 0.717) is 6.04 Å². The number of hydrogen-bond acceptors (Lipinski definition) is 2. The van der Waals surface area contributed by atoms with Crippen LogP contribution in [0.25, 0.3) is 0 Å². The van der Waals surface area contributed by atoms with E-state index >= 15 is 0 Å². The molecular weight excluding hydrogens is 188 g/mol. The maximum atomic E-state index is 11.7. The van der Waals surface area contributed by atoms with E-state index in [0.717, 1.165) is 31.6 Å². The third-order valence-electron chi connectivity index (χ3n) is 3.09. The summed E-state index contributed by atoms with van der Waals surface area (Å²) in [5.74, 6) is 0.891. The number of nitrogens with one attached hydrogen (secondary N) is 1. The van der Waals surface area contributed by atoms with Crippen LogP contribution in [0.4, 0.5) is 0 Å². The Bertz CT molecular complexity index is 202. The highest BCUT2D eigenvalue weighted by atomic mass is 16.2. The van der Waals surface area contributed by atoms with Gasteiger partial charge in [0, 0.05) is 6.04 Å². The maximum absolute atomic E-state index is 11.7. The molecule has 0 aromatic rings. The topological polar surface area (TPSA) is 55.1 Å². The number of hydrogen-bond donors (Lipinski definition) is 2. The highest BCUT2D eigenvalue weighted by Crippen LogP contribution is 2.33. The molecule has 1 rings (SSSR count). The van der Waals surface area contributed by atoms with Gasteiger partial charge in [-0.25, -0.2) is 0 Å². The molecule has 2 atom stereocenters. The Morgan fingerprint density at radius 1 is 1.47 bits per heavy atom. The molecule has 1 saturated carbocycles. The molecule has 1 aliphatic rings. The SMILES string of the molecule is CCCC(N)C(=O)NC(CC)CC1CC1. The largest absolute Gasteiger partial charge is 0.352 e. The number of carbonyl (C=O) groups is 1. The van der Waals surface area contributed by atoms with Crippen molar-refractivity contribution >= 4 is 5.91 Å². The maximum Gasteiger partial charge on any atom is 0.237 e. The van der Waals surface area contributed by atoms with Crippen LogP contribution in [0, 0.1) is 5.92 Å². The molecule has 3 heteroatoms. The molecule has 0 bridgehead atoms. The van der Waals surface area contributed by atoms with E-state index in [2.05, 4.69) is 19.2 Å². The van der Waals surface area contributed by atoms with E-state index in [1.165, 1.54) is 12.8 Å². The van der Waals surface area contributed by atoms with Crippen LogP contribution in [-0.2, 0) is 4.79 Å². The number of rotatable bonds is 7. The van der Waals surface area contributed by atoms with Crippen molar-refractivity contribution in [1.29, 1.82) is 0 Å². The summed E-state index contributed by atoms with van der Waals surface area (Å²) in [6.45, 7) is 4.17. The zero-order valence-corrected chi connectivity index (χ0v) is 9.96. The second-order valence-corrected chi connectivity index (χ2v) is 4.69. The first-order valence-corrected chi connectivity index (χ1v) is 6.23. The highest BCUT2D eigenvalue weighted by Gasteiger charge is 2.26. The summed E-state index contributed by atoms with van der Waals surface area (Å²) in [6.07, 6.45) is 6.59. The van der Waals surface area contributed by atoms with Crippen molar-refractivity contribution in [2.75, 3.05) is 0 Å². The minimum atomic E-state index is -0.316. The summed E-state index contributed by atoms with van der Waals surface area (Å²) in [5.41, 5.74) is 5.77. The van der Waals surface area contributed by atoms with Gasteiger partial charge in [0.05, 0.1) is 6.04 Å². The summed E-state index contributed by atoms with van der Waals surface area (Å²) < 4.78 is 0. The molecule has 0 spiro atoms. The Hall–Kier alpha value is -0.570. The van der Waals surface area contributed by atoms with Gasteiger partial charge in [-0.1, -0.05) is 33.1 Å². The first-order valence-electron chi connectivity index (χ1n) is 6.23. The van der Waals surface area contributed by atoms with Crippen LogP contribution >= 0.6 is 0 Å². The standard InChI is InChI=1S/C12H24N2O/c1-3-5-11(13)12(15)14-10(4-2)8-9-6-7-9/h9-11H,3-8,13H2,1-2H3,(H,14,15). The summed E-state index contributed by atoms with van der Waals surface area (Å²) in [7, 11) is 0. The first-order chi connectivity index (χ1) is 7.17. The number of nitrogens with two attached hydrogens (primary N) is 1. The van der Waals surface area contributed by atoms with Crippen LogP contribution in [0.2, 0.25) is 0 Å². The second kappa shape index (κ2) is 6.11. The van der Waals surface area contributed by atoms with Crippen LogP contribution in [-0.4, -0.2) is 18.0 Å². The summed E-state index contributed by atoms with van der Waals surface area (Å²) in [4.78, 5) is 11.7. The van der Waals surface area contributed by atoms with Crippen molar-refractivity contribution in [3.63, 3.8) is 0 Å². The highest BCUT2D eigenvalue weighted by molar-refractivity contribution is 5.81. The third kappa shape index (κ3) is 4.65. The molecule has 0 radical (unpaired) electrons. The van der Waals surface area contributed by atoms with Gasteiger partial charge in [-0.3, -0.25) is 4.79 Å². The molecule has 3 nitrogen and oxygen atoms in total.